The van der Waals surface area contributed by atoms with Crippen LogP contribution in [0.2, 0.25) is 0 Å². The van der Waals surface area contributed by atoms with Crippen LogP contribution in [0.25, 0.3) is 0 Å². The molecule has 11 rings (SSSR count). The van der Waals surface area contributed by atoms with Crippen molar-refractivity contribution in [3.63, 3.8) is 0 Å². The second-order valence-electron chi connectivity index (χ2n) is 15.9. The minimum Gasteiger partial charge on any atom is -0.506 e. The summed E-state index contributed by atoms with van der Waals surface area (Å²) in [6, 6.07) is 15.1. The third-order valence-electron chi connectivity index (χ3n) is 12.8. The molecule has 8 fully saturated rings. The number of nitrogens with two attached hydrogens (primary N) is 2. The number of rotatable bonds is 6. The summed E-state index contributed by atoms with van der Waals surface area (Å²) in [5.41, 5.74) is 15.8. The Bertz CT molecular complexity index is 1450. The number of hydrogen-bond donors (Lipinski definition) is 4. The Morgan fingerprint density at radius 2 is 0.818 bits per heavy atom. The molecule has 6 heteroatoms. The maximum absolute atomic E-state index is 10.8. The Morgan fingerprint density at radius 1 is 0.500 bits per heavy atom. The SMILES string of the molecule is Nc1cc(C23CC4CC(CC(C4)C2)C3)c(Oc2ccccc2Oc2cc(O)c(N)cc2C23CC4CC(CC(C4)C2)C3)cc1O. The highest BCUT2D eigenvalue weighted by Crippen LogP contribution is 2.64. The van der Waals surface area contributed by atoms with Gasteiger partial charge in [0.2, 0.25) is 0 Å². The van der Waals surface area contributed by atoms with Gasteiger partial charge in [0.15, 0.2) is 11.5 Å². The fourth-order valence-electron chi connectivity index (χ4n) is 11.9. The van der Waals surface area contributed by atoms with Crippen molar-refractivity contribution in [3.8, 4) is 34.5 Å². The van der Waals surface area contributed by atoms with Gasteiger partial charge in [0.1, 0.15) is 23.0 Å². The van der Waals surface area contributed by atoms with E-state index in [2.05, 4.69) is 0 Å². The largest absolute Gasteiger partial charge is 0.506 e. The van der Waals surface area contributed by atoms with E-state index in [-0.39, 0.29) is 22.3 Å². The Morgan fingerprint density at radius 3 is 1.14 bits per heavy atom. The molecule has 0 spiro atoms. The zero-order valence-corrected chi connectivity index (χ0v) is 25.4. The van der Waals surface area contributed by atoms with Crippen LogP contribution in [-0.4, -0.2) is 10.2 Å². The first-order chi connectivity index (χ1) is 21.2. The highest BCUT2D eigenvalue weighted by atomic mass is 16.5. The number of phenols is 2. The van der Waals surface area contributed by atoms with Gasteiger partial charge in [-0.3, -0.25) is 0 Å². The Hall–Kier alpha value is -3.54. The van der Waals surface area contributed by atoms with Gasteiger partial charge in [-0.1, -0.05) is 12.1 Å². The molecule has 0 radical (unpaired) electrons. The van der Waals surface area contributed by atoms with Crippen LogP contribution in [0.15, 0.2) is 48.5 Å². The van der Waals surface area contributed by atoms with Crippen LogP contribution in [0.4, 0.5) is 11.4 Å². The van der Waals surface area contributed by atoms with E-state index in [1.807, 2.05) is 36.4 Å². The van der Waals surface area contributed by atoms with Crippen molar-refractivity contribution in [2.24, 2.45) is 35.5 Å². The standard InChI is InChI=1S/C38H44N2O4/c39-29-11-27(37-15-21-5-22(16-37)7-23(6-21)17-37)35(13-31(29)41)43-33-3-1-2-4-34(33)44-36-14-32(42)30(40)12-28(36)38-18-24-8-25(19-38)10-26(9-24)20-38/h1-4,11-14,21-26,41-42H,5-10,15-20,39-40H2. The molecule has 8 saturated carbocycles. The molecule has 0 aliphatic heterocycles. The molecule has 6 N–H and O–H groups in total. The second kappa shape index (κ2) is 9.48. The molecule has 0 saturated heterocycles. The van der Waals surface area contributed by atoms with Gasteiger partial charge in [-0.15, -0.1) is 0 Å². The highest BCUT2D eigenvalue weighted by molar-refractivity contribution is 5.63. The minimum atomic E-state index is 0.0378. The molecule has 230 valence electrons. The number of ether oxygens (including phenoxy) is 2. The van der Waals surface area contributed by atoms with Gasteiger partial charge >= 0.3 is 0 Å². The van der Waals surface area contributed by atoms with Crippen LogP contribution in [0.1, 0.15) is 88.2 Å². The topological polar surface area (TPSA) is 111 Å². The molecule has 8 bridgehead atoms. The summed E-state index contributed by atoms with van der Waals surface area (Å²) < 4.78 is 13.5. The smallest absolute Gasteiger partial charge is 0.169 e. The quantitative estimate of drug-likeness (QED) is 0.168. The van der Waals surface area contributed by atoms with Gasteiger partial charge in [-0.25, -0.2) is 0 Å². The Balaban J connectivity index is 1.09. The molecule has 6 nitrogen and oxygen atoms in total. The molecule has 0 unspecified atom stereocenters. The number of aromatic hydroxyl groups is 2. The van der Waals surface area contributed by atoms with Gasteiger partial charge in [0.05, 0.1) is 11.4 Å². The molecule has 0 atom stereocenters. The molecule has 8 aliphatic carbocycles. The third kappa shape index (κ3) is 4.19. The molecular formula is C38H44N2O4. The summed E-state index contributed by atoms with van der Waals surface area (Å²) in [5, 5.41) is 21.5. The van der Waals surface area contributed by atoms with Crippen molar-refractivity contribution in [2.75, 3.05) is 11.5 Å². The monoisotopic (exact) mass is 592 g/mol. The first-order valence-electron chi connectivity index (χ1n) is 16.9. The summed E-state index contributed by atoms with van der Waals surface area (Å²) in [6.45, 7) is 0. The zero-order valence-electron chi connectivity index (χ0n) is 25.4. The number of benzene rings is 3. The Labute approximate surface area is 259 Å². The van der Waals surface area contributed by atoms with Crippen LogP contribution in [-0.2, 0) is 10.8 Å². The maximum Gasteiger partial charge on any atom is 0.169 e. The molecular weight excluding hydrogens is 548 g/mol. The van der Waals surface area contributed by atoms with E-state index in [9.17, 15) is 10.2 Å². The van der Waals surface area contributed by atoms with Crippen molar-refractivity contribution in [1.82, 2.24) is 0 Å². The number of phenolic OH excluding ortho intramolecular Hbond substituents is 2. The molecule has 8 aliphatic rings. The number of hydrogen-bond acceptors (Lipinski definition) is 6. The summed E-state index contributed by atoms with van der Waals surface area (Å²) in [6.07, 6.45) is 15.1. The highest BCUT2D eigenvalue weighted by Gasteiger charge is 2.54. The number of anilines is 2. The summed E-state index contributed by atoms with van der Waals surface area (Å²) in [4.78, 5) is 0. The first kappa shape index (κ1) is 26.8. The summed E-state index contributed by atoms with van der Waals surface area (Å²) in [7, 11) is 0. The predicted octanol–water partition coefficient (Wildman–Crippen LogP) is 8.78. The fraction of sp³-hybridized carbons (Fsp3) is 0.526. The third-order valence-corrected chi connectivity index (χ3v) is 12.8. The molecule has 0 amide bonds. The van der Waals surface area contributed by atoms with Crippen molar-refractivity contribution in [2.45, 2.75) is 87.9 Å². The lowest BCUT2D eigenvalue weighted by atomic mass is 9.48. The van der Waals surface area contributed by atoms with Gasteiger partial charge < -0.3 is 31.2 Å². The predicted molar refractivity (Wildman–Crippen MR) is 171 cm³/mol. The first-order valence-corrected chi connectivity index (χ1v) is 16.9. The van der Waals surface area contributed by atoms with Crippen LogP contribution >= 0.6 is 0 Å². The van der Waals surface area contributed by atoms with Gasteiger partial charge in [0.25, 0.3) is 0 Å². The van der Waals surface area contributed by atoms with Crippen molar-refractivity contribution < 1.29 is 19.7 Å². The van der Waals surface area contributed by atoms with E-state index in [1.54, 1.807) is 12.1 Å². The van der Waals surface area contributed by atoms with Crippen molar-refractivity contribution in [3.05, 3.63) is 59.7 Å². The van der Waals surface area contributed by atoms with Crippen molar-refractivity contribution in [1.29, 1.82) is 0 Å². The minimum absolute atomic E-state index is 0.0378. The van der Waals surface area contributed by atoms with Crippen LogP contribution in [0.5, 0.6) is 34.5 Å². The molecule has 0 aromatic heterocycles. The normalized spacial score (nSPS) is 36.1. The molecule has 3 aromatic carbocycles. The second-order valence-corrected chi connectivity index (χ2v) is 15.9. The van der Waals surface area contributed by atoms with E-state index in [1.165, 1.54) is 38.5 Å². The average Bonchev–Trinajstić information content (AvgIpc) is 2.96. The molecule has 3 aromatic rings. The lowest BCUT2D eigenvalue weighted by Crippen LogP contribution is -2.48. The zero-order chi connectivity index (χ0) is 29.8. The summed E-state index contributed by atoms with van der Waals surface area (Å²) in [5.74, 6) is 7.16. The molecule has 44 heavy (non-hydrogen) atoms. The van der Waals surface area contributed by atoms with E-state index < -0.39 is 0 Å². The van der Waals surface area contributed by atoms with Crippen LogP contribution < -0.4 is 20.9 Å². The lowest BCUT2D eigenvalue weighted by Gasteiger charge is -2.57. The van der Waals surface area contributed by atoms with Gasteiger partial charge in [-0.2, -0.15) is 0 Å². The van der Waals surface area contributed by atoms with E-state index in [0.29, 0.717) is 34.4 Å². The van der Waals surface area contributed by atoms with E-state index >= 15 is 0 Å². The van der Waals surface area contributed by atoms with E-state index in [0.717, 1.165) is 85.2 Å². The van der Waals surface area contributed by atoms with Crippen molar-refractivity contribution >= 4 is 11.4 Å². The lowest BCUT2D eigenvalue weighted by molar-refractivity contribution is -0.00626. The average molecular weight is 593 g/mol. The van der Waals surface area contributed by atoms with Gasteiger partial charge in [-0.05, 0) is 148 Å². The van der Waals surface area contributed by atoms with Crippen LogP contribution in [0.3, 0.4) is 0 Å². The van der Waals surface area contributed by atoms with Crippen LogP contribution in [0, 0.1) is 35.5 Å². The number of nitrogen functional groups attached to an aromatic ring is 2. The van der Waals surface area contributed by atoms with Gasteiger partial charge in [0, 0.05) is 23.3 Å². The Kier molecular flexibility index (Phi) is 5.78. The molecule has 0 heterocycles. The maximum atomic E-state index is 10.8. The fourth-order valence-corrected chi connectivity index (χ4v) is 11.9. The summed E-state index contributed by atoms with van der Waals surface area (Å²) >= 11 is 0. The van der Waals surface area contributed by atoms with E-state index in [4.69, 9.17) is 20.9 Å². The number of para-hydroxylation sites is 2.